The van der Waals surface area contributed by atoms with Crippen LogP contribution in [0.15, 0.2) is 42.5 Å². The maximum Gasteiger partial charge on any atom is 0.340 e. The van der Waals surface area contributed by atoms with Gasteiger partial charge in [0.25, 0.3) is 0 Å². The number of nitrogens with zero attached hydrogens (tertiary/aromatic N) is 2. The number of carboxylic acid groups (broad SMARTS) is 1. The molecular formula is C24H26F4N2O4. The lowest BCUT2D eigenvalue weighted by atomic mass is 10.1. The number of fused-ring (bicyclic) bond motifs is 2. The van der Waals surface area contributed by atoms with Gasteiger partial charge in [-0.25, -0.2) is 13.6 Å². The van der Waals surface area contributed by atoms with Gasteiger partial charge >= 0.3 is 18.3 Å². The van der Waals surface area contributed by atoms with E-state index in [1.165, 1.54) is 19.2 Å². The van der Waals surface area contributed by atoms with Gasteiger partial charge in [-0.05, 0) is 36.2 Å². The fourth-order valence-corrected chi connectivity index (χ4v) is 4.61. The molecule has 4 rings (SSSR count). The van der Waals surface area contributed by atoms with Crippen LogP contribution >= 0.6 is 0 Å². The molecule has 0 aliphatic carbocycles. The van der Waals surface area contributed by atoms with Gasteiger partial charge in [-0.1, -0.05) is 18.2 Å². The van der Waals surface area contributed by atoms with Crippen molar-refractivity contribution < 1.29 is 36.9 Å². The van der Waals surface area contributed by atoms with Crippen LogP contribution in [0.4, 0.5) is 17.6 Å². The molecule has 0 amide bonds. The molecule has 10 heteroatoms. The molecule has 0 radical (unpaired) electrons. The number of carbonyl (C=O) groups is 1. The van der Waals surface area contributed by atoms with Gasteiger partial charge in [-0.15, -0.1) is 0 Å². The molecule has 1 N–H and O–H groups in total. The van der Waals surface area contributed by atoms with Crippen molar-refractivity contribution >= 4 is 5.97 Å². The first-order chi connectivity index (χ1) is 16.2. The average Bonchev–Trinajstić information content (AvgIpc) is 3.38. The number of hydrogen-bond donors (Lipinski definition) is 1. The van der Waals surface area contributed by atoms with Crippen LogP contribution in [0.2, 0.25) is 0 Å². The molecule has 34 heavy (non-hydrogen) atoms. The molecule has 184 valence electrons. The van der Waals surface area contributed by atoms with E-state index in [1.54, 1.807) is 30.3 Å². The van der Waals surface area contributed by atoms with Gasteiger partial charge in [0.15, 0.2) is 6.61 Å². The molecule has 6 nitrogen and oxygen atoms in total. The summed E-state index contributed by atoms with van der Waals surface area (Å²) in [4.78, 5) is 15.9. The number of likely N-dealkylation sites (tertiary alicyclic amines) is 2. The standard InChI is InChI=1S/C24H26F4N2O4/c1-33-21-8-16(22(31)32)4-5-17(21)11-30-13-18-9-19(30)12-29(18)10-15-2-6-20(7-3-15)34-14-24(27,28)23(25)26/h2-8,18-19,23H,9-14H2,1H3,(H,31,32)/t18-,19-/m0/s1. The second-order valence-electron chi connectivity index (χ2n) is 8.73. The zero-order valence-corrected chi connectivity index (χ0v) is 18.6. The topological polar surface area (TPSA) is 62.2 Å². The van der Waals surface area contributed by atoms with Gasteiger partial charge in [0.05, 0.1) is 12.7 Å². The molecule has 2 aliphatic rings. The third kappa shape index (κ3) is 5.28. The minimum absolute atomic E-state index is 0.126. The van der Waals surface area contributed by atoms with E-state index >= 15 is 0 Å². The smallest absolute Gasteiger partial charge is 0.340 e. The molecule has 2 saturated heterocycles. The molecule has 0 aromatic heterocycles. The quantitative estimate of drug-likeness (QED) is 0.514. The van der Waals surface area contributed by atoms with E-state index in [4.69, 9.17) is 9.47 Å². The first-order valence-electron chi connectivity index (χ1n) is 10.9. The molecule has 0 spiro atoms. The SMILES string of the molecule is COc1cc(C(=O)O)ccc1CN1C[C@@H]2C[C@H]1CN2Cc1ccc(OCC(F)(F)C(F)F)cc1. The minimum atomic E-state index is -4.18. The number of rotatable bonds is 10. The Balaban J connectivity index is 1.30. The van der Waals surface area contributed by atoms with Crippen molar-refractivity contribution in [3.8, 4) is 11.5 Å². The summed E-state index contributed by atoms with van der Waals surface area (Å²) in [5.41, 5.74) is 2.12. The van der Waals surface area contributed by atoms with Crippen LogP contribution in [0.1, 0.15) is 27.9 Å². The van der Waals surface area contributed by atoms with Crippen molar-refractivity contribution in [1.29, 1.82) is 0 Å². The summed E-state index contributed by atoms with van der Waals surface area (Å²) in [5.74, 6) is -4.48. The minimum Gasteiger partial charge on any atom is -0.496 e. The molecule has 0 saturated carbocycles. The van der Waals surface area contributed by atoms with Crippen LogP contribution < -0.4 is 9.47 Å². The number of ether oxygens (including phenoxy) is 2. The molecule has 2 bridgehead atoms. The Morgan fingerprint density at radius 1 is 1.09 bits per heavy atom. The van der Waals surface area contributed by atoms with E-state index in [-0.39, 0.29) is 11.3 Å². The largest absolute Gasteiger partial charge is 0.496 e. The van der Waals surface area contributed by atoms with Crippen LogP contribution in [0.25, 0.3) is 0 Å². The van der Waals surface area contributed by atoms with E-state index in [2.05, 4.69) is 9.80 Å². The lowest BCUT2D eigenvalue weighted by Gasteiger charge is -2.34. The van der Waals surface area contributed by atoms with Crippen LogP contribution in [0, 0.1) is 0 Å². The summed E-state index contributed by atoms with van der Waals surface area (Å²) < 4.78 is 60.7. The van der Waals surface area contributed by atoms with E-state index < -0.39 is 24.9 Å². The van der Waals surface area contributed by atoms with Gasteiger partial charge in [-0.2, -0.15) is 8.78 Å². The molecular weight excluding hydrogens is 456 g/mol. The lowest BCUT2D eigenvalue weighted by molar-refractivity contribution is -0.148. The predicted molar refractivity (Wildman–Crippen MR) is 116 cm³/mol. The first-order valence-corrected chi connectivity index (χ1v) is 10.9. The first kappa shape index (κ1) is 24.3. The average molecular weight is 482 g/mol. The third-order valence-corrected chi connectivity index (χ3v) is 6.43. The zero-order chi connectivity index (χ0) is 24.5. The van der Waals surface area contributed by atoms with Gasteiger partial charge in [0.2, 0.25) is 0 Å². The van der Waals surface area contributed by atoms with E-state index in [0.29, 0.717) is 30.9 Å². The normalized spacial score (nSPS) is 20.8. The maximum atomic E-state index is 13.0. The number of halogens is 4. The molecule has 2 heterocycles. The predicted octanol–water partition coefficient (Wildman–Crippen LogP) is 4.13. The summed E-state index contributed by atoms with van der Waals surface area (Å²) >= 11 is 0. The Labute approximate surface area is 194 Å². The molecule has 2 atom stereocenters. The monoisotopic (exact) mass is 482 g/mol. The van der Waals surface area contributed by atoms with Gasteiger partial charge in [0.1, 0.15) is 11.5 Å². The van der Waals surface area contributed by atoms with Gasteiger partial charge in [0, 0.05) is 43.8 Å². The lowest BCUT2D eigenvalue weighted by Crippen LogP contribution is -2.45. The molecule has 2 aromatic rings. The van der Waals surface area contributed by atoms with E-state index in [1.807, 2.05) is 0 Å². The molecule has 2 fully saturated rings. The number of aromatic carboxylic acids is 1. The van der Waals surface area contributed by atoms with Crippen LogP contribution in [-0.2, 0) is 13.1 Å². The summed E-state index contributed by atoms with van der Waals surface area (Å²) in [5, 5.41) is 9.17. The van der Waals surface area contributed by atoms with Crippen molar-refractivity contribution in [2.75, 3.05) is 26.8 Å². The highest BCUT2D eigenvalue weighted by Crippen LogP contribution is 2.34. The van der Waals surface area contributed by atoms with Crippen molar-refractivity contribution in [3.05, 3.63) is 59.2 Å². The summed E-state index contributed by atoms with van der Waals surface area (Å²) in [6.45, 7) is 1.75. The van der Waals surface area contributed by atoms with Crippen LogP contribution in [-0.4, -0.2) is 72.1 Å². The Hall–Kier alpha value is -2.85. The summed E-state index contributed by atoms with van der Waals surface area (Å²) in [6, 6.07) is 12.2. The summed E-state index contributed by atoms with van der Waals surface area (Å²) in [7, 11) is 1.53. The third-order valence-electron chi connectivity index (χ3n) is 6.43. The number of piperazine rings is 1. The van der Waals surface area contributed by atoms with Crippen LogP contribution in [0.5, 0.6) is 11.5 Å². The number of methoxy groups -OCH3 is 1. The number of carboxylic acids is 1. The Kier molecular flexibility index (Phi) is 6.99. The second-order valence-corrected chi connectivity index (χ2v) is 8.73. The number of hydrogen-bond acceptors (Lipinski definition) is 5. The van der Waals surface area contributed by atoms with Gasteiger partial charge in [-0.3, -0.25) is 9.80 Å². The van der Waals surface area contributed by atoms with E-state index in [0.717, 1.165) is 30.6 Å². The van der Waals surface area contributed by atoms with Crippen molar-refractivity contribution in [1.82, 2.24) is 9.80 Å². The zero-order valence-electron chi connectivity index (χ0n) is 18.6. The highest BCUT2D eigenvalue weighted by molar-refractivity contribution is 5.88. The Morgan fingerprint density at radius 2 is 1.74 bits per heavy atom. The van der Waals surface area contributed by atoms with Gasteiger partial charge < -0.3 is 14.6 Å². The molecule has 2 aliphatic heterocycles. The fourth-order valence-electron chi connectivity index (χ4n) is 4.61. The molecule has 2 aromatic carbocycles. The number of benzene rings is 2. The fraction of sp³-hybridized carbons (Fsp3) is 0.458. The highest BCUT2D eigenvalue weighted by atomic mass is 19.3. The van der Waals surface area contributed by atoms with Crippen molar-refractivity contribution in [2.45, 2.75) is 43.9 Å². The van der Waals surface area contributed by atoms with Crippen molar-refractivity contribution in [2.24, 2.45) is 0 Å². The Bertz CT molecular complexity index is 1020. The number of alkyl halides is 4. The molecule has 0 unspecified atom stereocenters. The van der Waals surface area contributed by atoms with Crippen molar-refractivity contribution in [3.63, 3.8) is 0 Å². The van der Waals surface area contributed by atoms with E-state index in [9.17, 15) is 27.5 Å². The highest BCUT2D eigenvalue weighted by Gasteiger charge is 2.43. The summed E-state index contributed by atoms with van der Waals surface area (Å²) in [6.07, 6.45) is -2.73. The Morgan fingerprint density at radius 3 is 2.29 bits per heavy atom. The second kappa shape index (κ2) is 9.79. The maximum absolute atomic E-state index is 13.0. The van der Waals surface area contributed by atoms with Crippen LogP contribution in [0.3, 0.4) is 0 Å².